The number of carbonyl (C=O) groups excluding carboxylic acids is 4. The SMILES string of the molecule is CCCN1C(=O)C(=O)N(CC(=O)NCCc2ccc(C(C)C)cc2)C1=O. The molecule has 1 aliphatic heterocycles. The first-order valence-corrected chi connectivity index (χ1v) is 8.88. The smallest absolute Gasteiger partial charge is 0.334 e. The largest absolute Gasteiger partial charge is 0.354 e. The molecule has 0 atom stereocenters. The second-order valence-electron chi connectivity index (χ2n) is 6.63. The van der Waals surface area contributed by atoms with Gasteiger partial charge in [-0.3, -0.25) is 19.3 Å². The molecule has 1 saturated heterocycles. The van der Waals surface area contributed by atoms with Crippen LogP contribution in [0.15, 0.2) is 24.3 Å². The molecule has 26 heavy (non-hydrogen) atoms. The average molecular weight is 359 g/mol. The predicted molar refractivity (Wildman–Crippen MR) is 96.4 cm³/mol. The Balaban J connectivity index is 1.82. The highest BCUT2D eigenvalue weighted by Gasteiger charge is 2.44. The third-order valence-corrected chi connectivity index (χ3v) is 4.27. The first-order chi connectivity index (χ1) is 12.3. The molecule has 1 aromatic carbocycles. The standard InChI is InChI=1S/C19H25N3O4/c1-4-11-21-17(24)18(25)22(19(21)26)12-16(23)20-10-9-14-5-7-15(8-6-14)13(2)3/h5-8,13H,4,9-12H2,1-3H3,(H,20,23). The van der Waals surface area contributed by atoms with Crippen LogP contribution in [0.25, 0.3) is 0 Å². The third-order valence-electron chi connectivity index (χ3n) is 4.27. The molecule has 0 unspecified atom stereocenters. The Morgan fingerprint density at radius 2 is 1.65 bits per heavy atom. The van der Waals surface area contributed by atoms with E-state index in [1.165, 1.54) is 5.56 Å². The summed E-state index contributed by atoms with van der Waals surface area (Å²) >= 11 is 0. The number of imide groups is 2. The minimum absolute atomic E-state index is 0.175. The van der Waals surface area contributed by atoms with Crippen molar-refractivity contribution in [1.29, 1.82) is 0 Å². The van der Waals surface area contributed by atoms with Gasteiger partial charge in [0.1, 0.15) is 6.54 Å². The molecule has 0 aromatic heterocycles. The van der Waals surface area contributed by atoms with Gasteiger partial charge in [0.15, 0.2) is 0 Å². The van der Waals surface area contributed by atoms with Crippen LogP contribution in [-0.2, 0) is 20.8 Å². The first-order valence-electron chi connectivity index (χ1n) is 8.88. The Morgan fingerprint density at radius 1 is 1.04 bits per heavy atom. The number of hydrogen-bond acceptors (Lipinski definition) is 4. The normalized spacial score (nSPS) is 14.5. The van der Waals surface area contributed by atoms with Gasteiger partial charge in [0.05, 0.1) is 0 Å². The Hall–Kier alpha value is -2.70. The summed E-state index contributed by atoms with van der Waals surface area (Å²) in [6.07, 6.45) is 1.20. The summed E-state index contributed by atoms with van der Waals surface area (Å²) in [5, 5.41) is 2.68. The van der Waals surface area contributed by atoms with E-state index in [1.807, 2.05) is 12.1 Å². The average Bonchev–Trinajstić information content (AvgIpc) is 2.80. The van der Waals surface area contributed by atoms with Crippen molar-refractivity contribution in [3.8, 4) is 0 Å². The van der Waals surface area contributed by atoms with Crippen LogP contribution in [0.4, 0.5) is 4.79 Å². The number of rotatable bonds is 8. The van der Waals surface area contributed by atoms with Gasteiger partial charge in [-0.05, 0) is 29.9 Å². The lowest BCUT2D eigenvalue weighted by molar-refractivity contribution is -0.144. The summed E-state index contributed by atoms with van der Waals surface area (Å²) in [6, 6.07) is 7.46. The fraction of sp³-hybridized carbons (Fsp3) is 0.474. The van der Waals surface area contributed by atoms with Gasteiger partial charge in [-0.1, -0.05) is 45.0 Å². The second kappa shape index (κ2) is 8.60. The van der Waals surface area contributed by atoms with E-state index in [1.54, 1.807) is 6.92 Å². The zero-order chi connectivity index (χ0) is 19.3. The number of urea groups is 1. The van der Waals surface area contributed by atoms with Crippen molar-refractivity contribution >= 4 is 23.8 Å². The molecule has 0 bridgehead atoms. The molecule has 0 saturated carbocycles. The molecule has 140 valence electrons. The molecular weight excluding hydrogens is 334 g/mol. The van der Waals surface area contributed by atoms with Crippen LogP contribution in [0.1, 0.15) is 44.2 Å². The van der Waals surface area contributed by atoms with Crippen LogP contribution in [0, 0.1) is 0 Å². The van der Waals surface area contributed by atoms with Gasteiger partial charge in [-0.15, -0.1) is 0 Å². The van der Waals surface area contributed by atoms with Gasteiger partial charge < -0.3 is 5.32 Å². The highest BCUT2D eigenvalue weighted by molar-refractivity contribution is 6.45. The number of nitrogens with zero attached hydrogens (tertiary/aromatic N) is 2. The van der Waals surface area contributed by atoms with E-state index in [0.717, 1.165) is 10.5 Å². The predicted octanol–water partition coefficient (Wildman–Crippen LogP) is 1.67. The quantitative estimate of drug-likeness (QED) is 0.565. The van der Waals surface area contributed by atoms with E-state index in [0.29, 0.717) is 30.2 Å². The number of carbonyl (C=O) groups is 4. The van der Waals surface area contributed by atoms with Crippen molar-refractivity contribution in [3.05, 3.63) is 35.4 Å². The van der Waals surface area contributed by atoms with Crippen LogP contribution in [0.2, 0.25) is 0 Å². The summed E-state index contributed by atoms with van der Waals surface area (Å²) in [4.78, 5) is 49.3. The summed E-state index contributed by atoms with van der Waals surface area (Å²) in [7, 11) is 0. The Kier molecular flexibility index (Phi) is 6.49. The molecule has 5 amide bonds. The van der Waals surface area contributed by atoms with Crippen LogP contribution < -0.4 is 5.32 Å². The summed E-state index contributed by atoms with van der Waals surface area (Å²) in [5.41, 5.74) is 2.34. The summed E-state index contributed by atoms with van der Waals surface area (Å²) < 4.78 is 0. The Bertz CT molecular complexity index is 697. The lowest BCUT2D eigenvalue weighted by atomic mass is 10.0. The monoisotopic (exact) mass is 359 g/mol. The minimum Gasteiger partial charge on any atom is -0.354 e. The van der Waals surface area contributed by atoms with Crippen molar-refractivity contribution < 1.29 is 19.2 Å². The van der Waals surface area contributed by atoms with E-state index in [2.05, 4.69) is 31.3 Å². The number of benzene rings is 1. The Morgan fingerprint density at radius 3 is 2.23 bits per heavy atom. The Labute approximate surface area is 153 Å². The number of nitrogens with one attached hydrogen (secondary N) is 1. The van der Waals surface area contributed by atoms with Crippen LogP contribution in [0.5, 0.6) is 0 Å². The molecule has 7 nitrogen and oxygen atoms in total. The fourth-order valence-electron chi connectivity index (χ4n) is 2.73. The van der Waals surface area contributed by atoms with E-state index in [4.69, 9.17) is 0 Å². The van der Waals surface area contributed by atoms with Gasteiger partial charge in [0, 0.05) is 13.1 Å². The zero-order valence-electron chi connectivity index (χ0n) is 15.4. The van der Waals surface area contributed by atoms with Crippen molar-refractivity contribution in [3.63, 3.8) is 0 Å². The van der Waals surface area contributed by atoms with Gasteiger partial charge in [0.25, 0.3) is 0 Å². The molecule has 2 rings (SSSR count). The molecular formula is C19H25N3O4. The third kappa shape index (κ3) is 4.47. The topological polar surface area (TPSA) is 86.8 Å². The van der Waals surface area contributed by atoms with Crippen molar-refractivity contribution in [1.82, 2.24) is 15.1 Å². The molecule has 0 spiro atoms. The van der Waals surface area contributed by atoms with E-state index in [9.17, 15) is 19.2 Å². The van der Waals surface area contributed by atoms with Gasteiger partial charge in [-0.2, -0.15) is 0 Å². The highest BCUT2D eigenvalue weighted by Crippen LogP contribution is 2.15. The molecule has 1 aromatic rings. The van der Waals surface area contributed by atoms with Gasteiger partial charge in [-0.25, -0.2) is 9.69 Å². The van der Waals surface area contributed by atoms with Crippen molar-refractivity contribution in [2.24, 2.45) is 0 Å². The van der Waals surface area contributed by atoms with Crippen LogP contribution in [-0.4, -0.2) is 53.2 Å². The van der Waals surface area contributed by atoms with Gasteiger partial charge in [0.2, 0.25) is 5.91 Å². The highest BCUT2D eigenvalue weighted by atomic mass is 16.2. The van der Waals surface area contributed by atoms with Crippen molar-refractivity contribution in [2.45, 2.75) is 39.5 Å². The maximum absolute atomic E-state index is 12.1. The van der Waals surface area contributed by atoms with Crippen LogP contribution in [0.3, 0.4) is 0 Å². The maximum Gasteiger partial charge on any atom is 0.334 e. The van der Waals surface area contributed by atoms with Crippen molar-refractivity contribution in [2.75, 3.05) is 19.6 Å². The van der Waals surface area contributed by atoms with Crippen LogP contribution >= 0.6 is 0 Å². The summed E-state index contributed by atoms with van der Waals surface area (Å²) in [5.74, 6) is -1.80. The number of amides is 5. The maximum atomic E-state index is 12.1. The molecule has 1 aliphatic rings. The molecule has 0 radical (unpaired) electrons. The molecule has 0 aliphatic carbocycles. The number of hydrogen-bond donors (Lipinski definition) is 1. The second-order valence-corrected chi connectivity index (χ2v) is 6.63. The lowest BCUT2D eigenvalue weighted by Gasteiger charge is -2.14. The van der Waals surface area contributed by atoms with E-state index < -0.39 is 30.3 Å². The lowest BCUT2D eigenvalue weighted by Crippen LogP contribution is -2.42. The molecule has 7 heteroatoms. The van der Waals surface area contributed by atoms with E-state index in [-0.39, 0.29) is 6.54 Å². The summed E-state index contributed by atoms with van der Waals surface area (Å²) in [6.45, 7) is 6.19. The zero-order valence-corrected chi connectivity index (χ0v) is 15.4. The molecule has 1 heterocycles. The fourth-order valence-corrected chi connectivity index (χ4v) is 2.73. The minimum atomic E-state index is -0.942. The van der Waals surface area contributed by atoms with E-state index >= 15 is 0 Å². The first kappa shape index (κ1) is 19.6. The molecule has 1 fully saturated rings. The van der Waals surface area contributed by atoms with Gasteiger partial charge >= 0.3 is 17.8 Å². The molecule has 1 N–H and O–H groups in total.